The van der Waals surface area contributed by atoms with E-state index in [0.717, 1.165) is 5.92 Å². The summed E-state index contributed by atoms with van der Waals surface area (Å²) in [6.45, 7) is 15.4. The van der Waals surface area contributed by atoms with Crippen LogP contribution in [0.4, 0.5) is 0 Å². The van der Waals surface area contributed by atoms with E-state index in [1.54, 1.807) is 6.92 Å². The summed E-state index contributed by atoms with van der Waals surface area (Å²) in [5, 5.41) is 0. The van der Waals surface area contributed by atoms with E-state index < -0.39 is 0 Å². The molecule has 0 aliphatic heterocycles. The van der Waals surface area contributed by atoms with Crippen LogP contribution in [0.1, 0.15) is 176 Å². The maximum absolute atomic E-state index is 12.0. The van der Waals surface area contributed by atoms with Crippen LogP contribution in [0.15, 0.2) is 12.2 Å². The van der Waals surface area contributed by atoms with E-state index in [1.165, 1.54) is 141 Å². The number of carbonyl (C=O) groups excluding carboxylic acids is 1. The first-order valence-corrected chi connectivity index (χ1v) is 16.2. The molecule has 0 spiro atoms. The van der Waals surface area contributed by atoms with Crippen molar-refractivity contribution >= 4 is 5.97 Å². The zero-order chi connectivity index (χ0) is 26.9. The van der Waals surface area contributed by atoms with Crippen LogP contribution in [0, 0.1) is 17.8 Å². The molecular formula is C34H66O2. The molecule has 0 aromatic rings. The molecule has 0 aliphatic rings. The fraction of sp³-hybridized carbons (Fsp3) is 0.912. The van der Waals surface area contributed by atoms with Crippen LogP contribution in [0.2, 0.25) is 0 Å². The molecule has 0 radical (unpaired) electrons. The van der Waals surface area contributed by atoms with Crippen molar-refractivity contribution in [3.05, 3.63) is 12.2 Å². The Balaban J connectivity index is 4.18. The van der Waals surface area contributed by atoms with Gasteiger partial charge in [0, 0.05) is 5.57 Å². The molecule has 0 aromatic carbocycles. The van der Waals surface area contributed by atoms with Gasteiger partial charge in [-0.15, -0.1) is 0 Å². The smallest absolute Gasteiger partial charge is 0.333 e. The highest BCUT2D eigenvalue weighted by atomic mass is 16.5. The first kappa shape index (κ1) is 35.2. The Bertz CT molecular complexity index is 497. The van der Waals surface area contributed by atoms with Gasteiger partial charge < -0.3 is 4.74 Å². The molecule has 0 N–H and O–H groups in total. The second-order valence-electron chi connectivity index (χ2n) is 12.0. The van der Waals surface area contributed by atoms with Crippen molar-refractivity contribution in [1.82, 2.24) is 0 Å². The number of esters is 1. The Hall–Kier alpha value is -0.790. The highest BCUT2D eigenvalue weighted by Gasteiger charge is 2.20. The third kappa shape index (κ3) is 22.4. The topological polar surface area (TPSA) is 26.3 Å². The Morgan fingerprint density at radius 2 is 1.03 bits per heavy atom. The summed E-state index contributed by atoms with van der Waals surface area (Å²) in [7, 11) is 0. The number of rotatable bonds is 27. The lowest BCUT2D eigenvalue weighted by atomic mass is 9.84. The van der Waals surface area contributed by atoms with Crippen molar-refractivity contribution < 1.29 is 9.53 Å². The van der Waals surface area contributed by atoms with Gasteiger partial charge in [0.25, 0.3) is 0 Å². The molecule has 0 heterocycles. The molecule has 36 heavy (non-hydrogen) atoms. The van der Waals surface area contributed by atoms with E-state index in [4.69, 9.17) is 4.74 Å². The number of ether oxygens (including phenoxy) is 1. The Morgan fingerprint density at radius 1 is 0.611 bits per heavy atom. The predicted molar refractivity (Wildman–Crippen MR) is 161 cm³/mol. The van der Waals surface area contributed by atoms with Gasteiger partial charge in [-0.2, -0.15) is 0 Å². The van der Waals surface area contributed by atoms with Crippen molar-refractivity contribution in [2.24, 2.45) is 17.8 Å². The second-order valence-corrected chi connectivity index (χ2v) is 12.0. The highest BCUT2D eigenvalue weighted by molar-refractivity contribution is 5.86. The fourth-order valence-corrected chi connectivity index (χ4v) is 5.30. The van der Waals surface area contributed by atoms with Crippen molar-refractivity contribution in [3.8, 4) is 0 Å². The average Bonchev–Trinajstić information content (AvgIpc) is 2.86. The molecule has 0 bridgehead atoms. The van der Waals surface area contributed by atoms with Gasteiger partial charge in [-0.05, 0) is 31.1 Å². The number of hydrogen-bond donors (Lipinski definition) is 0. The highest BCUT2D eigenvalue weighted by Crippen LogP contribution is 2.27. The Morgan fingerprint density at radius 3 is 1.47 bits per heavy atom. The largest absolute Gasteiger partial charge is 0.462 e. The third-order valence-electron chi connectivity index (χ3n) is 8.18. The van der Waals surface area contributed by atoms with Gasteiger partial charge in [0.05, 0.1) is 6.61 Å². The number of carbonyl (C=O) groups is 1. The number of unbranched alkanes of at least 4 members (excludes halogenated alkanes) is 16. The molecule has 0 aliphatic carbocycles. The quantitative estimate of drug-likeness (QED) is 0.0629. The molecule has 0 saturated carbocycles. The minimum atomic E-state index is -0.224. The molecule has 0 fully saturated rings. The van der Waals surface area contributed by atoms with Crippen LogP contribution in [-0.2, 0) is 9.53 Å². The van der Waals surface area contributed by atoms with E-state index in [-0.39, 0.29) is 5.97 Å². The first-order valence-electron chi connectivity index (χ1n) is 16.2. The number of hydrogen-bond acceptors (Lipinski definition) is 2. The molecule has 2 heteroatoms. The van der Waals surface area contributed by atoms with Crippen LogP contribution in [0.5, 0.6) is 0 Å². The molecule has 214 valence electrons. The third-order valence-corrected chi connectivity index (χ3v) is 8.18. The summed E-state index contributed by atoms with van der Waals surface area (Å²) >= 11 is 0. The molecule has 0 rings (SSSR count). The van der Waals surface area contributed by atoms with Gasteiger partial charge in [0.15, 0.2) is 0 Å². The monoisotopic (exact) mass is 507 g/mol. The van der Waals surface area contributed by atoms with Gasteiger partial charge >= 0.3 is 5.97 Å². The first-order chi connectivity index (χ1) is 17.4. The Kier molecular flexibility index (Phi) is 25.3. The van der Waals surface area contributed by atoms with E-state index in [1.807, 2.05) is 0 Å². The molecule has 2 nitrogen and oxygen atoms in total. The van der Waals surface area contributed by atoms with Gasteiger partial charge in [-0.25, -0.2) is 4.79 Å². The SMILES string of the molecule is C=C(C)C(=O)OCC(CCC(C)CCCCCCCCCCC)C(C)CCCCCCCCCCC. The molecule has 0 amide bonds. The maximum Gasteiger partial charge on any atom is 0.333 e. The molecule has 0 saturated heterocycles. The Labute approximate surface area is 227 Å². The van der Waals surface area contributed by atoms with E-state index in [0.29, 0.717) is 24.0 Å². The van der Waals surface area contributed by atoms with Gasteiger partial charge in [0.2, 0.25) is 0 Å². The van der Waals surface area contributed by atoms with Gasteiger partial charge in [-0.3, -0.25) is 0 Å². The minimum absolute atomic E-state index is 0.224. The molecule has 3 atom stereocenters. The fourth-order valence-electron chi connectivity index (χ4n) is 5.30. The second kappa shape index (κ2) is 25.8. The zero-order valence-corrected chi connectivity index (χ0v) is 25.5. The summed E-state index contributed by atoms with van der Waals surface area (Å²) in [5.41, 5.74) is 0.513. The lowest BCUT2D eigenvalue weighted by molar-refractivity contribution is -0.141. The van der Waals surface area contributed by atoms with E-state index in [2.05, 4.69) is 34.3 Å². The molecular weight excluding hydrogens is 440 g/mol. The van der Waals surface area contributed by atoms with Crippen LogP contribution >= 0.6 is 0 Å². The van der Waals surface area contributed by atoms with Crippen LogP contribution in [-0.4, -0.2) is 12.6 Å². The summed E-state index contributed by atoms with van der Waals surface area (Å²) in [4.78, 5) is 12.0. The van der Waals surface area contributed by atoms with Crippen molar-refractivity contribution in [3.63, 3.8) is 0 Å². The van der Waals surface area contributed by atoms with Crippen molar-refractivity contribution in [1.29, 1.82) is 0 Å². The normalized spacial score (nSPS) is 13.9. The zero-order valence-electron chi connectivity index (χ0n) is 25.5. The standard InChI is InChI=1S/C34H66O2/c1-7-9-11-13-15-17-19-21-23-25-31(5)27-28-33(29-36-34(35)30(3)4)32(6)26-24-22-20-18-16-14-12-10-8-2/h31-33H,3,7-29H2,1-2,4-6H3. The summed E-state index contributed by atoms with van der Waals surface area (Å²) in [6.07, 6.45) is 30.1. The minimum Gasteiger partial charge on any atom is -0.462 e. The van der Waals surface area contributed by atoms with Crippen LogP contribution in [0.3, 0.4) is 0 Å². The lowest BCUT2D eigenvalue weighted by Gasteiger charge is -2.25. The van der Waals surface area contributed by atoms with E-state index in [9.17, 15) is 4.79 Å². The van der Waals surface area contributed by atoms with Crippen LogP contribution in [0.25, 0.3) is 0 Å². The summed E-state index contributed by atoms with van der Waals surface area (Å²) in [5.74, 6) is 1.65. The lowest BCUT2D eigenvalue weighted by Crippen LogP contribution is -2.21. The average molecular weight is 507 g/mol. The summed E-state index contributed by atoms with van der Waals surface area (Å²) in [6, 6.07) is 0. The van der Waals surface area contributed by atoms with E-state index >= 15 is 0 Å². The molecule has 0 aromatic heterocycles. The van der Waals surface area contributed by atoms with Crippen LogP contribution < -0.4 is 0 Å². The van der Waals surface area contributed by atoms with Crippen molar-refractivity contribution in [2.75, 3.05) is 6.61 Å². The molecule has 3 unspecified atom stereocenters. The maximum atomic E-state index is 12.0. The summed E-state index contributed by atoms with van der Waals surface area (Å²) < 4.78 is 5.63. The predicted octanol–water partition coefficient (Wildman–Crippen LogP) is 11.6. The van der Waals surface area contributed by atoms with Gasteiger partial charge in [0.1, 0.15) is 0 Å². The van der Waals surface area contributed by atoms with Crippen molar-refractivity contribution in [2.45, 2.75) is 176 Å². The van der Waals surface area contributed by atoms with Gasteiger partial charge in [-0.1, -0.05) is 169 Å².